The number of aromatic hydroxyl groups is 1. The van der Waals surface area contributed by atoms with Gasteiger partial charge in [-0.05, 0) is 57.9 Å². The van der Waals surface area contributed by atoms with Gasteiger partial charge in [-0.15, -0.1) is 0 Å². The van der Waals surface area contributed by atoms with Crippen molar-refractivity contribution in [3.05, 3.63) is 35.0 Å². The number of phenols is 1. The number of ether oxygens (including phenoxy) is 2. The monoisotopic (exact) mass is 329 g/mol. The van der Waals surface area contributed by atoms with Crippen LogP contribution in [-0.2, 0) is 17.7 Å². The second-order valence-electron chi connectivity index (χ2n) is 6.29. The van der Waals surface area contributed by atoms with E-state index in [1.165, 1.54) is 0 Å². The van der Waals surface area contributed by atoms with Crippen LogP contribution in [0.15, 0.2) is 18.2 Å². The number of carbonyl (C=O) groups is 1. The van der Waals surface area contributed by atoms with Crippen molar-refractivity contribution < 1.29 is 19.4 Å². The molecular weight excluding hydrogens is 306 g/mol. The van der Waals surface area contributed by atoms with Crippen molar-refractivity contribution in [1.82, 2.24) is 4.57 Å². The van der Waals surface area contributed by atoms with E-state index in [0.717, 1.165) is 35.5 Å². The molecule has 24 heavy (non-hydrogen) atoms. The van der Waals surface area contributed by atoms with Gasteiger partial charge >= 0.3 is 5.97 Å². The number of rotatable bonds is 4. The number of aromatic nitrogens is 1. The van der Waals surface area contributed by atoms with Crippen LogP contribution in [0, 0.1) is 6.92 Å². The SMILES string of the molecule is CCOC(=O)c1cc2n(c1C)CCc1cc(O)c(OC(C)C)cc1-2. The summed E-state index contributed by atoms with van der Waals surface area (Å²) in [5.41, 5.74) is 4.52. The number of hydrogen-bond acceptors (Lipinski definition) is 4. The van der Waals surface area contributed by atoms with Crippen LogP contribution >= 0.6 is 0 Å². The predicted octanol–water partition coefficient (Wildman–Crippen LogP) is 3.69. The van der Waals surface area contributed by atoms with Crippen molar-refractivity contribution in [2.24, 2.45) is 0 Å². The molecule has 0 radical (unpaired) electrons. The second-order valence-corrected chi connectivity index (χ2v) is 6.29. The van der Waals surface area contributed by atoms with Crippen LogP contribution < -0.4 is 4.74 Å². The first-order valence-electron chi connectivity index (χ1n) is 8.32. The predicted molar refractivity (Wildman–Crippen MR) is 91.7 cm³/mol. The lowest BCUT2D eigenvalue weighted by atomic mass is 9.97. The fraction of sp³-hybridized carbons (Fsp3) is 0.421. The summed E-state index contributed by atoms with van der Waals surface area (Å²) in [4.78, 5) is 12.2. The second kappa shape index (κ2) is 6.23. The van der Waals surface area contributed by atoms with Gasteiger partial charge in [-0.25, -0.2) is 4.79 Å². The number of benzene rings is 1. The highest BCUT2D eigenvalue weighted by Gasteiger charge is 2.25. The van der Waals surface area contributed by atoms with E-state index < -0.39 is 0 Å². The molecule has 1 aromatic carbocycles. The summed E-state index contributed by atoms with van der Waals surface area (Å²) in [5.74, 6) is 0.328. The van der Waals surface area contributed by atoms with Gasteiger partial charge in [0.25, 0.3) is 0 Å². The molecule has 0 fully saturated rings. The smallest absolute Gasteiger partial charge is 0.339 e. The third-order valence-electron chi connectivity index (χ3n) is 4.29. The Morgan fingerprint density at radius 1 is 1.33 bits per heavy atom. The fourth-order valence-corrected chi connectivity index (χ4v) is 3.21. The number of aryl methyl sites for hydroxylation is 1. The van der Waals surface area contributed by atoms with Crippen molar-refractivity contribution in [3.8, 4) is 22.8 Å². The highest BCUT2D eigenvalue weighted by Crippen LogP contribution is 2.40. The Morgan fingerprint density at radius 2 is 2.08 bits per heavy atom. The minimum Gasteiger partial charge on any atom is -0.504 e. The van der Waals surface area contributed by atoms with Gasteiger partial charge in [0.2, 0.25) is 0 Å². The van der Waals surface area contributed by atoms with Gasteiger partial charge in [-0.3, -0.25) is 0 Å². The van der Waals surface area contributed by atoms with Gasteiger partial charge < -0.3 is 19.1 Å². The summed E-state index contributed by atoms with van der Waals surface area (Å²) in [6.45, 7) is 8.71. The maximum atomic E-state index is 12.2. The fourth-order valence-electron chi connectivity index (χ4n) is 3.21. The molecule has 0 bridgehead atoms. The number of carbonyl (C=O) groups excluding carboxylic acids is 1. The van der Waals surface area contributed by atoms with Crippen LogP contribution in [0.4, 0.5) is 0 Å². The lowest BCUT2D eigenvalue weighted by molar-refractivity contribution is 0.0525. The van der Waals surface area contributed by atoms with E-state index >= 15 is 0 Å². The molecule has 5 heteroatoms. The maximum Gasteiger partial charge on any atom is 0.339 e. The molecule has 0 saturated carbocycles. The Labute approximate surface area is 141 Å². The van der Waals surface area contributed by atoms with E-state index in [1.807, 2.05) is 32.9 Å². The molecule has 1 aliphatic rings. The molecule has 2 heterocycles. The zero-order valence-corrected chi connectivity index (χ0v) is 14.5. The standard InChI is InChI=1S/C19H23NO4/c1-5-23-19(22)14-9-16-15-10-18(24-11(2)3)17(21)8-13(15)6-7-20(16)12(14)4/h8-11,21H,5-7H2,1-4H3. The molecule has 0 atom stereocenters. The Morgan fingerprint density at radius 3 is 2.75 bits per heavy atom. The first-order chi connectivity index (χ1) is 11.4. The molecular formula is C19H23NO4. The van der Waals surface area contributed by atoms with Gasteiger partial charge in [0.05, 0.1) is 18.3 Å². The number of esters is 1. The molecule has 0 aliphatic carbocycles. The molecule has 0 amide bonds. The molecule has 2 aromatic rings. The Bertz CT molecular complexity index is 789. The van der Waals surface area contributed by atoms with Gasteiger partial charge in [0, 0.05) is 23.5 Å². The average Bonchev–Trinajstić information content (AvgIpc) is 2.85. The van der Waals surface area contributed by atoms with E-state index in [2.05, 4.69) is 4.57 Å². The van der Waals surface area contributed by atoms with E-state index in [4.69, 9.17) is 9.47 Å². The molecule has 0 unspecified atom stereocenters. The van der Waals surface area contributed by atoms with Crippen LogP contribution in [0.25, 0.3) is 11.3 Å². The van der Waals surface area contributed by atoms with E-state index in [1.54, 1.807) is 13.0 Å². The first-order valence-corrected chi connectivity index (χ1v) is 8.32. The molecule has 0 spiro atoms. The maximum absolute atomic E-state index is 12.2. The third-order valence-corrected chi connectivity index (χ3v) is 4.29. The van der Waals surface area contributed by atoms with Crippen LogP contribution in [0.5, 0.6) is 11.5 Å². The van der Waals surface area contributed by atoms with Crippen LogP contribution in [0.3, 0.4) is 0 Å². The first kappa shape index (κ1) is 16.4. The number of fused-ring (bicyclic) bond motifs is 3. The summed E-state index contributed by atoms with van der Waals surface area (Å²) < 4.78 is 13.0. The number of nitrogens with zero attached hydrogens (tertiary/aromatic N) is 1. The van der Waals surface area contributed by atoms with Crippen molar-refractivity contribution in [3.63, 3.8) is 0 Å². The lowest BCUT2D eigenvalue weighted by Gasteiger charge is -2.22. The van der Waals surface area contributed by atoms with E-state index in [-0.39, 0.29) is 17.8 Å². The third kappa shape index (κ3) is 2.75. The lowest BCUT2D eigenvalue weighted by Crippen LogP contribution is -2.13. The van der Waals surface area contributed by atoms with Crippen molar-refractivity contribution in [1.29, 1.82) is 0 Å². The Kier molecular flexibility index (Phi) is 4.26. The average molecular weight is 329 g/mol. The van der Waals surface area contributed by atoms with Crippen LogP contribution in [0.2, 0.25) is 0 Å². The largest absolute Gasteiger partial charge is 0.504 e. The summed E-state index contributed by atoms with van der Waals surface area (Å²) in [5, 5.41) is 10.2. The Hall–Kier alpha value is -2.43. The van der Waals surface area contributed by atoms with Gasteiger partial charge in [-0.1, -0.05) is 0 Å². The van der Waals surface area contributed by atoms with Gasteiger partial charge in [0.15, 0.2) is 11.5 Å². The summed E-state index contributed by atoms with van der Waals surface area (Å²) in [6.07, 6.45) is 0.775. The van der Waals surface area contributed by atoms with Crippen LogP contribution in [-0.4, -0.2) is 28.4 Å². The van der Waals surface area contributed by atoms with Gasteiger partial charge in [-0.2, -0.15) is 0 Å². The highest BCUT2D eigenvalue weighted by atomic mass is 16.5. The van der Waals surface area contributed by atoms with Crippen molar-refractivity contribution in [2.75, 3.05) is 6.61 Å². The van der Waals surface area contributed by atoms with E-state index in [9.17, 15) is 9.90 Å². The Balaban J connectivity index is 2.10. The van der Waals surface area contributed by atoms with Crippen LogP contribution in [0.1, 0.15) is 42.4 Å². The molecule has 1 N–H and O–H groups in total. The van der Waals surface area contributed by atoms with E-state index in [0.29, 0.717) is 17.9 Å². The molecule has 3 rings (SSSR count). The quantitative estimate of drug-likeness (QED) is 0.869. The van der Waals surface area contributed by atoms with Crippen molar-refractivity contribution >= 4 is 5.97 Å². The summed E-state index contributed by atoms with van der Waals surface area (Å²) >= 11 is 0. The topological polar surface area (TPSA) is 60.7 Å². The molecule has 0 saturated heterocycles. The molecule has 128 valence electrons. The molecule has 1 aromatic heterocycles. The summed E-state index contributed by atoms with van der Waals surface area (Å²) in [7, 11) is 0. The molecule has 5 nitrogen and oxygen atoms in total. The number of hydrogen-bond donors (Lipinski definition) is 1. The van der Waals surface area contributed by atoms with Gasteiger partial charge in [0.1, 0.15) is 0 Å². The zero-order valence-electron chi connectivity index (χ0n) is 14.5. The molecule has 1 aliphatic heterocycles. The number of phenolic OH excluding ortho intramolecular Hbond substituents is 1. The zero-order chi connectivity index (χ0) is 17.4. The highest BCUT2D eigenvalue weighted by molar-refractivity contribution is 5.93. The minimum absolute atomic E-state index is 0.0267. The normalized spacial score (nSPS) is 12.7. The summed E-state index contributed by atoms with van der Waals surface area (Å²) in [6, 6.07) is 5.51. The minimum atomic E-state index is -0.295. The van der Waals surface area contributed by atoms with Crippen molar-refractivity contribution in [2.45, 2.75) is 46.8 Å².